The molecule has 0 saturated carbocycles. The Kier molecular flexibility index (Phi) is 5.36. The van der Waals surface area contributed by atoms with Crippen molar-refractivity contribution in [2.75, 3.05) is 13.7 Å². The number of ether oxygens (including phenoxy) is 1. The van der Waals surface area contributed by atoms with Gasteiger partial charge in [0.05, 0.1) is 12.0 Å². The molecule has 1 amide bonds. The Morgan fingerprint density at radius 3 is 2.44 bits per heavy atom. The van der Waals surface area contributed by atoms with Crippen molar-refractivity contribution < 1.29 is 14.6 Å². The smallest absolute Gasteiger partial charge is 0.261 e. The third-order valence-electron chi connectivity index (χ3n) is 3.84. The molecule has 4 nitrogen and oxygen atoms in total. The van der Waals surface area contributed by atoms with Gasteiger partial charge in [-0.1, -0.05) is 12.1 Å². The van der Waals surface area contributed by atoms with Gasteiger partial charge in [-0.2, -0.15) is 0 Å². The first kappa shape index (κ1) is 17.0. The number of hydrogen-bond acceptors (Lipinski definition) is 4. The van der Waals surface area contributed by atoms with Crippen LogP contribution in [0.25, 0.3) is 10.4 Å². The zero-order valence-electron chi connectivity index (χ0n) is 13.9. The monoisotopic (exact) mass is 353 g/mol. The first-order valence-electron chi connectivity index (χ1n) is 7.96. The Morgan fingerprint density at radius 2 is 1.76 bits per heavy atom. The number of phenolic OH excluding ortho intramolecular Hbond substituents is 1. The van der Waals surface area contributed by atoms with Crippen LogP contribution in [0.15, 0.2) is 60.7 Å². The minimum atomic E-state index is -0.0662. The molecule has 25 heavy (non-hydrogen) atoms. The van der Waals surface area contributed by atoms with Crippen LogP contribution in [0.5, 0.6) is 11.5 Å². The van der Waals surface area contributed by atoms with Crippen LogP contribution in [0.4, 0.5) is 0 Å². The van der Waals surface area contributed by atoms with Crippen LogP contribution in [-0.4, -0.2) is 24.7 Å². The van der Waals surface area contributed by atoms with Gasteiger partial charge < -0.3 is 15.2 Å². The van der Waals surface area contributed by atoms with E-state index in [1.54, 1.807) is 19.2 Å². The fraction of sp³-hybridized carbons (Fsp3) is 0.150. The fourth-order valence-electron chi connectivity index (χ4n) is 2.44. The summed E-state index contributed by atoms with van der Waals surface area (Å²) in [6.45, 7) is 0.555. The highest BCUT2D eigenvalue weighted by atomic mass is 32.1. The summed E-state index contributed by atoms with van der Waals surface area (Å²) in [6, 6.07) is 18.6. The summed E-state index contributed by atoms with van der Waals surface area (Å²) in [6.07, 6.45) is 0.725. The number of benzene rings is 2. The number of phenols is 1. The highest BCUT2D eigenvalue weighted by Crippen LogP contribution is 2.29. The van der Waals surface area contributed by atoms with Gasteiger partial charge in [-0.25, -0.2) is 0 Å². The van der Waals surface area contributed by atoms with Crippen LogP contribution in [0.2, 0.25) is 0 Å². The van der Waals surface area contributed by atoms with Crippen LogP contribution in [0, 0.1) is 0 Å². The predicted molar refractivity (Wildman–Crippen MR) is 100 cm³/mol. The molecule has 0 aliphatic carbocycles. The zero-order valence-corrected chi connectivity index (χ0v) is 14.7. The lowest BCUT2D eigenvalue weighted by atomic mass is 10.1. The Labute approximate surface area is 150 Å². The average molecular weight is 353 g/mol. The molecule has 0 spiro atoms. The number of hydrogen-bond donors (Lipinski definition) is 2. The van der Waals surface area contributed by atoms with Crippen LogP contribution in [-0.2, 0) is 6.42 Å². The third-order valence-corrected chi connectivity index (χ3v) is 4.97. The van der Waals surface area contributed by atoms with E-state index in [0.29, 0.717) is 11.4 Å². The molecule has 128 valence electrons. The molecular weight excluding hydrogens is 334 g/mol. The molecule has 0 unspecified atom stereocenters. The average Bonchev–Trinajstić information content (AvgIpc) is 3.13. The molecule has 0 bridgehead atoms. The second-order valence-corrected chi connectivity index (χ2v) is 6.65. The molecule has 0 fully saturated rings. The summed E-state index contributed by atoms with van der Waals surface area (Å²) in [7, 11) is 1.64. The maximum absolute atomic E-state index is 12.3. The normalized spacial score (nSPS) is 10.4. The SMILES string of the molecule is COc1ccc(-c2ccc(C(=O)NCCc3ccc(O)cc3)s2)cc1. The topological polar surface area (TPSA) is 58.6 Å². The summed E-state index contributed by atoms with van der Waals surface area (Å²) < 4.78 is 5.16. The van der Waals surface area contributed by atoms with Gasteiger partial charge in [0, 0.05) is 11.4 Å². The van der Waals surface area contributed by atoms with E-state index in [1.807, 2.05) is 48.5 Å². The lowest BCUT2D eigenvalue weighted by molar-refractivity contribution is 0.0958. The third kappa shape index (κ3) is 4.39. The molecule has 2 aromatic carbocycles. The molecule has 0 atom stereocenters. The number of rotatable bonds is 6. The maximum atomic E-state index is 12.3. The molecule has 0 saturated heterocycles. The largest absolute Gasteiger partial charge is 0.508 e. The quantitative estimate of drug-likeness (QED) is 0.701. The van der Waals surface area contributed by atoms with Crippen molar-refractivity contribution in [2.24, 2.45) is 0 Å². The summed E-state index contributed by atoms with van der Waals surface area (Å²) in [5.74, 6) is 0.994. The highest BCUT2D eigenvalue weighted by molar-refractivity contribution is 7.17. The van der Waals surface area contributed by atoms with Crippen LogP contribution in [0.1, 0.15) is 15.2 Å². The van der Waals surface area contributed by atoms with Gasteiger partial charge >= 0.3 is 0 Å². The van der Waals surface area contributed by atoms with E-state index in [1.165, 1.54) is 11.3 Å². The first-order valence-corrected chi connectivity index (χ1v) is 8.78. The Bertz CT molecular complexity index is 838. The molecule has 1 aromatic heterocycles. The van der Waals surface area contributed by atoms with Crippen molar-refractivity contribution in [1.82, 2.24) is 5.32 Å². The molecular formula is C20H19NO3S. The van der Waals surface area contributed by atoms with E-state index in [0.717, 1.165) is 28.2 Å². The maximum Gasteiger partial charge on any atom is 0.261 e. The van der Waals surface area contributed by atoms with E-state index in [9.17, 15) is 9.90 Å². The van der Waals surface area contributed by atoms with Crippen molar-refractivity contribution in [3.63, 3.8) is 0 Å². The van der Waals surface area contributed by atoms with E-state index < -0.39 is 0 Å². The fourth-order valence-corrected chi connectivity index (χ4v) is 3.37. The van der Waals surface area contributed by atoms with Crippen molar-refractivity contribution in [3.8, 4) is 21.9 Å². The van der Waals surface area contributed by atoms with Gasteiger partial charge in [0.2, 0.25) is 0 Å². The van der Waals surface area contributed by atoms with E-state index in [4.69, 9.17) is 4.74 Å². The molecule has 0 aliphatic rings. The van der Waals surface area contributed by atoms with Crippen molar-refractivity contribution in [1.29, 1.82) is 0 Å². The number of nitrogens with one attached hydrogen (secondary N) is 1. The van der Waals surface area contributed by atoms with Gasteiger partial charge in [-0.3, -0.25) is 4.79 Å². The van der Waals surface area contributed by atoms with Crippen LogP contribution < -0.4 is 10.1 Å². The Morgan fingerprint density at radius 1 is 1.04 bits per heavy atom. The highest BCUT2D eigenvalue weighted by Gasteiger charge is 2.10. The Balaban J connectivity index is 1.57. The zero-order chi connectivity index (χ0) is 17.6. The van der Waals surface area contributed by atoms with Crippen molar-refractivity contribution in [3.05, 3.63) is 71.1 Å². The van der Waals surface area contributed by atoms with Crippen LogP contribution in [0.3, 0.4) is 0 Å². The summed E-state index contributed by atoms with van der Waals surface area (Å²) in [4.78, 5) is 14.0. The van der Waals surface area contributed by atoms with Crippen molar-refractivity contribution in [2.45, 2.75) is 6.42 Å². The van der Waals surface area contributed by atoms with Gasteiger partial charge in [0.15, 0.2) is 0 Å². The van der Waals surface area contributed by atoms with Gasteiger partial charge in [-0.15, -0.1) is 11.3 Å². The predicted octanol–water partition coefficient (Wildman–Crippen LogP) is 4.10. The molecule has 3 rings (SSSR count). The summed E-state index contributed by atoms with van der Waals surface area (Å²) in [5.41, 5.74) is 2.14. The van der Waals surface area contributed by atoms with Gasteiger partial charge in [0.25, 0.3) is 5.91 Å². The number of carbonyl (C=O) groups is 1. The lowest BCUT2D eigenvalue weighted by Gasteiger charge is -2.04. The molecule has 1 heterocycles. The summed E-state index contributed by atoms with van der Waals surface area (Å²) >= 11 is 1.47. The minimum absolute atomic E-state index is 0.0662. The minimum Gasteiger partial charge on any atom is -0.508 e. The van der Waals surface area contributed by atoms with E-state index >= 15 is 0 Å². The number of amides is 1. The van der Waals surface area contributed by atoms with E-state index in [-0.39, 0.29) is 11.7 Å². The number of thiophene rings is 1. The number of methoxy groups -OCH3 is 1. The number of aromatic hydroxyl groups is 1. The molecule has 5 heteroatoms. The molecule has 3 aromatic rings. The lowest BCUT2D eigenvalue weighted by Crippen LogP contribution is -2.24. The molecule has 2 N–H and O–H groups in total. The van der Waals surface area contributed by atoms with Crippen LogP contribution >= 0.6 is 11.3 Å². The van der Waals surface area contributed by atoms with Gasteiger partial charge in [0.1, 0.15) is 11.5 Å². The summed E-state index contributed by atoms with van der Waals surface area (Å²) in [5, 5.41) is 12.2. The van der Waals surface area contributed by atoms with Gasteiger partial charge in [-0.05, 0) is 66.1 Å². The first-order chi connectivity index (χ1) is 12.2. The van der Waals surface area contributed by atoms with Crippen molar-refractivity contribution >= 4 is 17.2 Å². The Hall–Kier alpha value is -2.79. The second-order valence-electron chi connectivity index (χ2n) is 5.56. The molecule has 0 radical (unpaired) electrons. The van der Waals surface area contributed by atoms with E-state index in [2.05, 4.69) is 5.32 Å². The second kappa shape index (κ2) is 7.85. The number of carbonyl (C=O) groups excluding carboxylic acids is 1. The standard InChI is InChI=1S/C20H19NO3S/c1-24-17-8-4-15(5-9-17)18-10-11-19(25-18)20(23)21-13-12-14-2-6-16(22)7-3-14/h2-11,22H,12-13H2,1H3,(H,21,23). The molecule has 0 aliphatic heterocycles.